The zero-order chi connectivity index (χ0) is 8.10. The van der Waals surface area contributed by atoms with E-state index in [0.717, 1.165) is 5.03 Å². The molecule has 0 bridgehead atoms. The largest absolute Gasteiger partial charge is 0.309 e. The molecular formula is C6H7N3S2. The second-order valence-corrected chi connectivity index (χ2v) is 3.40. The molecule has 1 aromatic heterocycles. The van der Waals surface area contributed by atoms with Crippen molar-refractivity contribution in [2.75, 3.05) is 0 Å². The molecule has 0 saturated heterocycles. The summed E-state index contributed by atoms with van der Waals surface area (Å²) in [6, 6.07) is 5.62. The molecule has 0 amide bonds. The molecule has 1 rings (SSSR count). The Hall–Kier alpha value is -0.650. The Morgan fingerprint density at radius 1 is 1.64 bits per heavy atom. The summed E-state index contributed by atoms with van der Waals surface area (Å²) < 4.78 is 0.517. The fraction of sp³-hybridized carbons (Fsp3) is 0. The second kappa shape index (κ2) is 4.27. The third-order valence-corrected chi connectivity index (χ3v) is 2.07. The molecule has 0 spiro atoms. The van der Waals surface area contributed by atoms with Crippen LogP contribution in [0.4, 0.5) is 0 Å². The summed E-state index contributed by atoms with van der Waals surface area (Å²) >= 11 is 6.15. The molecule has 0 fully saturated rings. The number of hydrazine groups is 1. The van der Waals surface area contributed by atoms with Crippen LogP contribution in [-0.4, -0.2) is 9.30 Å². The summed E-state index contributed by atoms with van der Waals surface area (Å²) in [5.41, 5.74) is 2.37. The van der Waals surface area contributed by atoms with Gasteiger partial charge in [0.2, 0.25) is 0 Å². The summed E-state index contributed by atoms with van der Waals surface area (Å²) in [6.45, 7) is 0. The molecule has 58 valence electrons. The van der Waals surface area contributed by atoms with E-state index in [1.807, 2.05) is 18.2 Å². The molecule has 5 heteroatoms. The van der Waals surface area contributed by atoms with Crippen LogP contribution in [-0.2, 0) is 0 Å². The maximum absolute atomic E-state index is 5.08. The topological polar surface area (TPSA) is 50.9 Å². The number of rotatable bonds is 1. The minimum Gasteiger partial charge on any atom is -0.309 e. The van der Waals surface area contributed by atoms with Gasteiger partial charge in [-0.3, -0.25) is 0 Å². The highest BCUT2D eigenvalue weighted by Gasteiger charge is 1.96. The van der Waals surface area contributed by atoms with Crippen molar-refractivity contribution in [2.24, 2.45) is 5.84 Å². The minimum absolute atomic E-state index is 0.517. The third-order valence-electron chi connectivity index (χ3n) is 0.953. The molecule has 1 heterocycles. The van der Waals surface area contributed by atoms with Gasteiger partial charge in [-0.15, -0.1) is 0 Å². The van der Waals surface area contributed by atoms with E-state index in [0.29, 0.717) is 4.32 Å². The maximum Gasteiger partial charge on any atom is 0.154 e. The Labute approximate surface area is 74.4 Å². The van der Waals surface area contributed by atoms with Gasteiger partial charge in [0, 0.05) is 6.20 Å². The Balaban J connectivity index is 2.58. The van der Waals surface area contributed by atoms with E-state index in [2.05, 4.69) is 10.4 Å². The van der Waals surface area contributed by atoms with Crippen molar-refractivity contribution >= 4 is 28.3 Å². The lowest BCUT2D eigenvalue weighted by Crippen LogP contribution is -2.25. The van der Waals surface area contributed by atoms with Gasteiger partial charge in [0.15, 0.2) is 4.32 Å². The van der Waals surface area contributed by atoms with Crippen molar-refractivity contribution in [2.45, 2.75) is 5.03 Å². The van der Waals surface area contributed by atoms with Crippen molar-refractivity contribution in [3.05, 3.63) is 24.4 Å². The van der Waals surface area contributed by atoms with Gasteiger partial charge in [0.25, 0.3) is 0 Å². The first kappa shape index (κ1) is 8.45. The maximum atomic E-state index is 5.08. The zero-order valence-electron chi connectivity index (χ0n) is 5.65. The van der Waals surface area contributed by atoms with Gasteiger partial charge < -0.3 is 5.43 Å². The van der Waals surface area contributed by atoms with Gasteiger partial charge in [-0.25, -0.2) is 10.8 Å². The fourth-order valence-corrected chi connectivity index (χ4v) is 1.30. The number of aromatic nitrogens is 1. The van der Waals surface area contributed by atoms with Crippen LogP contribution in [0.25, 0.3) is 0 Å². The Morgan fingerprint density at radius 2 is 2.45 bits per heavy atom. The van der Waals surface area contributed by atoms with Gasteiger partial charge in [-0.2, -0.15) is 0 Å². The first-order valence-corrected chi connectivity index (χ1v) is 4.15. The van der Waals surface area contributed by atoms with E-state index in [1.54, 1.807) is 6.20 Å². The van der Waals surface area contributed by atoms with Crippen molar-refractivity contribution in [1.82, 2.24) is 10.4 Å². The third kappa shape index (κ3) is 2.83. The number of pyridine rings is 1. The average Bonchev–Trinajstić information content (AvgIpc) is 2.06. The van der Waals surface area contributed by atoms with E-state index in [1.165, 1.54) is 11.8 Å². The fourth-order valence-electron chi connectivity index (χ4n) is 0.532. The predicted molar refractivity (Wildman–Crippen MR) is 50.0 cm³/mol. The molecule has 0 unspecified atom stereocenters. The molecule has 3 N–H and O–H groups in total. The first-order chi connectivity index (χ1) is 5.33. The van der Waals surface area contributed by atoms with E-state index >= 15 is 0 Å². The quantitative estimate of drug-likeness (QED) is 0.295. The Kier molecular flexibility index (Phi) is 3.28. The van der Waals surface area contributed by atoms with E-state index in [4.69, 9.17) is 18.1 Å². The molecule has 0 aliphatic carbocycles. The molecule has 0 aliphatic rings. The van der Waals surface area contributed by atoms with Crippen LogP contribution in [0.3, 0.4) is 0 Å². The number of hydrogen-bond donors (Lipinski definition) is 2. The molecule has 3 nitrogen and oxygen atoms in total. The Morgan fingerprint density at radius 3 is 3.00 bits per heavy atom. The van der Waals surface area contributed by atoms with Crippen molar-refractivity contribution in [1.29, 1.82) is 0 Å². The average molecular weight is 185 g/mol. The molecule has 0 atom stereocenters. The van der Waals surface area contributed by atoms with Gasteiger partial charge in [0.1, 0.15) is 5.03 Å². The Bertz CT molecular complexity index is 237. The summed E-state index contributed by atoms with van der Waals surface area (Å²) in [7, 11) is 0. The minimum atomic E-state index is 0.517. The molecular weight excluding hydrogens is 178 g/mol. The zero-order valence-corrected chi connectivity index (χ0v) is 7.28. The lowest BCUT2D eigenvalue weighted by molar-refractivity contribution is 1.06. The molecule has 0 radical (unpaired) electrons. The van der Waals surface area contributed by atoms with E-state index in [9.17, 15) is 0 Å². The van der Waals surface area contributed by atoms with Crippen LogP contribution >= 0.6 is 24.0 Å². The summed E-state index contributed by atoms with van der Waals surface area (Å²) in [4.78, 5) is 4.05. The van der Waals surface area contributed by atoms with Gasteiger partial charge in [-0.05, 0) is 23.9 Å². The summed E-state index contributed by atoms with van der Waals surface area (Å²) in [5.74, 6) is 5.08. The summed E-state index contributed by atoms with van der Waals surface area (Å²) in [5, 5.41) is 0.843. The highest BCUT2D eigenvalue weighted by Crippen LogP contribution is 2.13. The number of nitrogens with zero attached hydrogens (tertiary/aromatic N) is 1. The number of thiocarbonyl (C=S) groups is 1. The van der Waals surface area contributed by atoms with Crippen molar-refractivity contribution in [3.63, 3.8) is 0 Å². The van der Waals surface area contributed by atoms with Crippen LogP contribution < -0.4 is 11.3 Å². The van der Waals surface area contributed by atoms with Crippen molar-refractivity contribution in [3.8, 4) is 0 Å². The summed E-state index contributed by atoms with van der Waals surface area (Å²) in [6.07, 6.45) is 1.71. The number of thioether (sulfide) groups is 1. The van der Waals surface area contributed by atoms with Crippen LogP contribution in [0.15, 0.2) is 29.4 Å². The van der Waals surface area contributed by atoms with E-state index < -0.39 is 0 Å². The van der Waals surface area contributed by atoms with Gasteiger partial charge in [0.05, 0.1) is 0 Å². The predicted octanol–water partition coefficient (Wildman–Crippen LogP) is 0.922. The molecule has 0 aromatic carbocycles. The first-order valence-electron chi connectivity index (χ1n) is 2.92. The lowest BCUT2D eigenvalue weighted by atomic mass is 10.5. The molecule has 11 heavy (non-hydrogen) atoms. The smallest absolute Gasteiger partial charge is 0.154 e. The van der Waals surface area contributed by atoms with E-state index in [-0.39, 0.29) is 0 Å². The second-order valence-electron chi connectivity index (χ2n) is 1.70. The van der Waals surface area contributed by atoms with Gasteiger partial charge in [-0.1, -0.05) is 18.3 Å². The molecule has 0 aliphatic heterocycles. The molecule has 1 aromatic rings. The van der Waals surface area contributed by atoms with Crippen molar-refractivity contribution < 1.29 is 0 Å². The van der Waals surface area contributed by atoms with Crippen LogP contribution in [0, 0.1) is 0 Å². The van der Waals surface area contributed by atoms with Crippen LogP contribution in [0.1, 0.15) is 0 Å². The molecule has 0 saturated carbocycles. The monoisotopic (exact) mass is 185 g/mol. The van der Waals surface area contributed by atoms with Crippen LogP contribution in [0.2, 0.25) is 0 Å². The van der Waals surface area contributed by atoms with Crippen LogP contribution in [0.5, 0.6) is 0 Å². The number of nitrogens with two attached hydrogens (primary N) is 1. The normalized spacial score (nSPS) is 9.18. The SMILES string of the molecule is NNC(=S)Sc1ccccn1. The highest BCUT2D eigenvalue weighted by molar-refractivity contribution is 8.22. The number of hydrogen-bond acceptors (Lipinski definition) is 4. The standard InChI is InChI=1S/C6H7N3S2/c7-9-6(10)11-5-3-1-2-4-8-5/h1-4H,7H2,(H,9,10). The highest BCUT2D eigenvalue weighted by atomic mass is 32.2. The van der Waals surface area contributed by atoms with Gasteiger partial charge >= 0.3 is 0 Å². The number of nitrogens with one attached hydrogen (secondary N) is 1. The lowest BCUT2D eigenvalue weighted by Gasteiger charge is -1.99.